The highest BCUT2D eigenvalue weighted by Gasteiger charge is 2.22. The molecule has 5 nitrogen and oxygen atoms in total. The maximum absolute atomic E-state index is 12.5. The van der Waals surface area contributed by atoms with Gasteiger partial charge in [-0.15, -0.1) is 0 Å². The number of nitrogens with one attached hydrogen (secondary N) is 1. The molecule has 1 aromatic rings. The van der Waals surface area contributed by atoms with E-state index in [0.29, 0.717) is 17.9 Å². The van der Waals surface area contributed by atoms with Gasteiger partial charge in [-0.3, -0.25) is 4.79 Å². The standard InChI is InChI=1S/C15H22N2O3S/c1-3-4-10-17(2)21(19,20)13-8-9-14-12(11-13)6-5-7-15(18)16-14/h8-9,11H,3-7,10H2,1-2H3,(H,16,18). The first-order valence-electron chi connectivity index (χ1n) is 7.34. The monoisotopic (exact) mass is 310 g/mol. The quantitative estimate of drug-likeness (QED) is 0.908. The number of rotatable bonds is 5. The molecule has 2 rings (SSSR count). The number of carbonyl (C=O) groups is 1. The number of nitrogens with zero attached hydrogens (tertiary/aromatic N) is 1. The van der Waals surface area contributed by atoms with E-state index in [0.717, 1.165) is 36.9 Å². The first kappa shape index (κ1) is 16.0. The van der Waals surface area contributed by atoms with Gasteiger partial charge in [0.2, 0.25) is 15.9 Å². The van der Waals surface area contributed by atoms with Crippen LogP contribution in [0.5, 0.6) is 0 Å². The van der Waals surface area contributed by atoms with Gasteiger partial charge < -0.3 is 5.32 Å². The van der Waals surface area contributed by atoms with E-state index in [1.165, 1.54) is 4.31 Å². The Morgan fingerprint density at radius 1 is 1.29 bits per heavy atom. The van der Waals surface area contributed by atoms with Crippen molar-refractivity contribution in [3.63, 3.8) is 0 Å². The second kappa shape index (κ2) is 6.58. The third kappa shape index (κ3) is 3.63. The molecular weight excluding hydrogens is 288 g/mol. The minimum Gasteiger partial charge on any atom is -0.326 e. The number of amides is 1. The van der Waals surface area contributed by atoms with E-state index in [4.69, 9.17) is 0 Å². The molecule has 0 atom stereocenters. The van der Waals surface area contributed by atoms with Crippen LogP contribution in [0.2, 0.25) is 0 Å². The molecule has 0 radical (unpaired) electrons. The average Bonchev–Trinajstić information content (AvgIpc) is 2.64. The first-order chi connectivity index (χ1) is 9.95. The summed E-state index contributed by atoms with van der Waals surface area (Å²) < 4.78 is 26.4. The van der Waals surface area contributed by atoms with Crippen LogP contribution < -0.4 is 5.32 Å². The summed E-state index contributed by atoms with van der Waals surface area (Å²) in [6.07, 6.45) is 3.74. The largest absolute Gasteiger partial charge is 0.326 e. The van der Waals surface area contributed by atoms with Crippen molar-refractivity contribution in [1.29, 1.82) is 0 Å². The lowest BCUT2D eigenvalue weighted by Gasteiger charge is -2.18. The van der Waals surface area contributed by atoms with Crippen LogP contribution in [-0.4, -0.2) is 32.2 Å². The fraction of sp³-hybridized carbons (Fsp3) is 0.533. The molecule has 0 fully saturated rings. The minimum absolute atomic E-state index is 0.00980. The van der Waals surface area contributed by atoms with Crippen LogP contribution in [0.4, 0.5) is 5.69 Å². The molecule has 0 saturated heterocycles. The molecule has 116 valence electrons. The number of fused-ring (bicyclic) bond motifs is 1. The van der Waals surface area contributed by atoms with Gasteiger partial charge in [0.25, 0.3) is 0 Å². The number of benzene rings is 1. The smallest absolute Gasteiger partial charge is 0.242 e. The van der Waals surface area contributed by atoms with Crippen molar-refractivity contribution in [2.45, 2.75) is 43.9 Å². The molecule has 1 amide bonds. The third-order valence-corrected chi connectivity index (χ3v) is 5.59. The van der Waals surface area contributed by atoms with Gasteiger partial charge in [0, 0.05) is 25.7 Å². The van der Waals surface area contributed by atoms with Crippen LogP contribution >= 0.6 is 0 Å². The van der Waals surface area contributed by atoms with Gasteiger partial charge in [-0.1, -0.05) is 13.3 Å². The van der Waals surface area contributed by atoms with Gasteiger partial charge in [0.15, 0.2) is 0 Å². The van der Waals surface area contributed by atoms with E-state index in [2.05, 4.69) is 5.32 Å². The Morgan fingerprint density at radius 3 is 2.76 bits per heavy atom. The summed E-state index contributed by atoms with van der Waals surface area (Å²) in [5.41, 5.74) is 1.62. The highest BCUT2D eigenvalue weighted by molar-refractivity contribution is 7.89. The number of aryl methyl sites for hydroxylation is 1. The van der Waals surface area contributed by atoms with Crippen molar-refractivity contribution in [3.05, 3.63) is 23.8 Å². The van der Waals surface area contributed by atoms with Gasteiger partial charge in [0.05, 0.1) is 4.90 Å². The SMILES string of the molecule is CCCCN(C)S(=O)(=O)c1ccc2c(c1)CCCC(=O)N2. The maximum Gasteiger partial charge on any atom is 0.242 e. The fourth-order valence-corrected chi connectivity index (χ4v) is 3.65. The Labute approximate surface area is 126 Å². The fourth-order valence-electron chi connectivity index (χ4n) is 2.39. The van der Waals surface area contributed by atoms with Crippen molar-refractivity contribution < 1.29 is 13.2 Å². The zero-order chi connectivity index (χ0) is 15.5. The van der Waals surface area contributed by atoms with Gasteiger partial charge in [-0.05, 0) is 43.0 Å². The average molecular weight is 310 g/mol. The number of carbonyl (C=O) groups excluding carboxylic acids is 1. The van der Waals surface area contributed by atoms with E-state index in [1.807, 2.05) is 6.92 Å². The van der Waals surface area contributed by atoms with Gasteiger partial charge in [-0.2, -0.15) is 0 Å². The van der Waals surface area contributed by atoms with Crippen LogP contribution in [0.25, 0.3) is 0 Å². The Kier molecular flexibility index (Phi) is 5.00. The predicted molar refractivity (Wildman–Crippen MR) is 82.7 cm³/mol. The molecule has 0 spiro atoms. The molecule has 1 N–H and O–H groups in total. The molecule has 1 aliphatic heterocycles. The topological polar surface area (TPSA) is 66.5 Å². The molecule has 1 aliphatic rings. The van der Waals surface area contributed by atoms with Crippen molar-refractivity contribution >= 4 is 21.6 Å². The summed E-state index contributed by atoms with van der Waals surface area (Å²) in [6.45, 7) is 2.55. The Hall–Kier alpha value is -1.40. The van der Waals surface area contributed by atoms with Crippen LogP contribution in [-0.2, 0) is 21.2 Å². The van der Waals surface area contributed by atoms with Crippen LogP contribution in [0, 0.1) is 0 Å². The number of anilines is 1. The number of hydrogen-bond acceptors (Lipinski definition) is 3. The van der Waals surface area contributed by atoms with Gasteiger partial charge in [0.1, 0.15) is 0 Å². The highest BCUT2D eigenvalue weighted by atomic mass is 32.2. The Bertz CT molecular complexity index is 626. The molecule has 6 heteroatoms. The molecule has 0 bridgehead atoms. The molecular formula is C15H22N2O3S. The van der Waals surface area contributed by atoms with E-state index < -0.39 is 10.0 Å². The van der Waals surface area contributed by atoms with Crippen LogP contribution in [0.3, 0.4) is 0 Å². The zero-order valence-corrected chi connectivity index (χ0v) is 13.4. The van der Waals surface area contributed by atoms with E-state index in [-0.39, 0.29) is 5.91 Å². The van der Waals surface area contributed by atoms with E-state index in [9.17, 15) is 13.2 Å². The predicted octanol–water partition coefficient (Wildman–Crippen LogP) is 2.38. The summed E-state index contributed by atoms with van der Waals surface area (Å²) in [4.78, 5) is 11.8. The normalized spacial score (nSPS) is 15.5. The zero-order valence-electron chi connectivity index (χ0n) is 12.6. The third-order valence-electron chi connectivity index (χ3n) is 3.74. The summed E-state index contributed by atoms with van der Waals surface area (Å²) in [5.74, 6) is -0.00980. The Morgan fingerprint density at radius 2 is 2.05 bits per heavy atom. The van der Waals surface area contributed by atoms with Crippen LogP contribution in [0.1, 0.15) is 38.2 Å². The second-order valence-corrected chi connectivity index (χ2v) is 7.45. The molecule has 1 heterocycles. The molecule has 0 aromatic heterocycles. The molecule has 0 unspecified atom stereocenters. The van der Waals surface area contributed by atoms with Gasteiger partial charge >= 0.3 is 0 Å². The lowest BCUT2D eigenvalue weighted by molar-refractivity contribution is -0.116. The summed E-state index contributed by atoms with van der Waals surface area (Å²) in [6, 6.07) is 4.96. The molecule has 0 aliphatic carbocycles. The highest BCUT2D eigenvalue weighted by Crippen LogP contribution is 2.26. The Balaban J connectivity index is 2.29. The van der Waals surface area contributed by atoms with Gasteiger partial charge in [-0.25, -0.2) is 12.7 Å². The lowest BCUT2D eigenvalue weighted by atomic mass is 10.1. The summed E-state index contributed by atoms with van der Waals surface area (Å²) in [7, 11) is -1.84. The van der Waals surface area contributed by atoms with Crippen molar-refractivity contribution in [3.8, 4) is 0 Å². The summed E-state index contributed by atoms with van der Waals surface area (Å²) in [5, 5.41) is 2.82. The molecule has 0 saturated carbocycles. The van der Waals surface area contributed by atoms with Crippen molar-refractivity contribution in [1.82, 2.24) is 4.31 Å². The van der Waals surface area contributed by atoms with E-state index in [1.54, 1.807) is 25.2 Å². The summed E-state index contributed by atoms with van der Waals surface area (Å²) >= 11 is 0. The molecule has 1 aromatic carbocycles. The lowest BCUT2D eigenvalue weighted by Crippen LogP contribution is -2.28. The molecule has 21 heavy (non-hydrogen) atoms. The minimum atomic E-state index is -3.45. The van der Waals surface area contributed by atoms with Crippen molar-refractivity contribution in [2.24, 2.45) is 0 Å². The van der Waals surface area contributed by atoms with E-state index >= 15 is 0 Å². The van der Waals surface area contributed by atoms with Crippen molar-refractivity contribution in [2.75, 3.05) is 18.9 Å². The first-order valence-corrected chi connectivity index (χ1v) is 8.78. The maximum atomic E-state index is 12.5. The number of hydrogen-bond donors (Lipinski definition) is 1. The number of unbranched alkanes of at least 4 members (excludes halogenated alkanes) is 1. The van der Waals surface area contributed by atoms with Crippen LogP contribution in [0.15, 0.2) is 23.1 Å². The second-order valence-electron chi connectivity index (χ2n) is 5.40. The number of sulfonamides is 1.